The number of ether oxygens (including phenoxy) is 2. The summed E-state index contributed by atoms with van der Waals surface area (Å²) in [5.74, 6) is 1.80. The molecule has 0 spiro atoms. The Bertz CT molecular complexity index is 1000. The largest absolute Gasteiger partial charge is 0.497 e. The summed E-state index contributed by atoms with van der Waals surface area (Å²) in [5, 5.41) is 4.58. The molecule has 28 heavy (non-hydrogen) atoms. The summed E-state index contributed by atoms with van der Waals surface area (Å²) in [5.41, 5.74) is 4.77. The van der Waals surface area contributed by atoms with E-state index in [9.17, 15) is 4.79 Å². The van der Waals surface area contributed by atoms with Crippen LogP contribution in [0, 0.1) is 6.92 Å². The van der Waals surface area contributed by atoms with E-state index in [2.05, 4.69) is 10.5 Å². The highest BCUT2D eigenvalue weighted by molar-refractivity contribution is 6.30. The molecule has 7 heteroatoms. The Labute approximate surface area is 167 Å². The lowest BCUT2D eigenvalue weighted by Crippen LogP contribution is -2.17. The van der Waals surface area contributed by atoms with Crippen molar-refractivity contribution in [1.82, 2.24) is 5.43 Å². The Kier molecular flexibility index (Phi) is 6.01. The quantitative estimate of drug-likeness (QED) is 0.483. The molecule has 1 N–H and O–H groups in total. The van der Waals surface area contributed by atoms with E-state index in [1.54, 1.807) is 24.3 Å². The van der Waals surface area contributed by atoms with Gasteiger partial charge in [0.2, 0.25) is 0 Å². The van der Waals surface area contributed by atoms with Gasteiger partial charge in [0, 0.05) is 22.2 Å². The molecule has 3 aromatic rings. The molecule has 0 fully saturated rings. The minimum absolute atomic E-state index is 0.364. The van der Waals surface area contributed by atoms with Gasteiger partial charge in [0.05, 0.1) is 20.4 Å². The first-order valence-electron chi connectivity index (χ1n) is 8.43. The number of hydrazone groups is 1. The van der Waals surface area contributed by atoms with Crippen LogP contribution in [0.4, 0.5) is 0 Å². The van der Waals surface area contributed by atoms with Gasteiger partial charge in [-0.05, 0) is 48.9 Å². The third-order valence-electron chi connectivity index (χ3n) is 4.06. The third kappa shape index (κ3) is 4.53. The highest BCUT2D eigenvalue weighted by Crippen LogP contribution is 2.28. The number of benzene rings is 2. The van der Waals surface area contributed by atoms with Crippen molar-refractivity contribution in [2.45, 2.75) is 6.92 Å². The number of rotatable bonds is 6. The average Bonchev–Trinajstić information content (AvgIpc) is 3.17. The Morgan fingerprint density at radius 2 is 1.79 bits per heavy atom. The summed E-state index contributed by atoms with van der Waals surface area (Å²) >= 11 is 6.06. The van der Waals surface area contributed by atoms with Gasteiger partial charge in [-0.25, -0.2) is 5.43 Å². The number of halogens is 1. The molecule has 0 bridgehead atoms. The topological polar surface area (TPSA) is 73.1 Å². The second-order valence-corrected chi connectivity index (χ2v) is 6.40. The monoisotopic (exact) mass is 398 g/mol. The van der Waals surface area contributed by atoms with Crippen LogP contribution in [0.2, 0.25) is 5.02 Å². The van der Waals surface area contributed by atoms with Gasteiger partial charge >= 0.3 is 0 Å². The Balaban J connectivity index is 1.71. The second kappa shape index (κ2) is 8.63. The summed E-state index contributed by atoms with van der Waals surface area (Å²) in [6, 6.07) is 14.1. The minimum atomic E-state index is -0.397. The SMILES string of the molecule is COc1cc(OC)cc(C(=O)NN=Cc2ccc(-c3cc(Cl)ccc3C)o2)c1. The molecule has 1 heterocycles. The summed E-state index contributed by atoms with van der Waals surface area (Å²) < 4.78 is 16.1. The van der Waals surface area contributed by atoms with Crippen molar-refractivity contribution in [3.05, 3.63) is 70.4 Å². The number of methoxy groups -OCH3 is 2. The lowest BCUT2D eigenvalue weighted by atomic mass is 10.1. The van der Waals surface area contributed by atoms with Crippen molar-refractivity contribution < 1.29 is 18.7 Å². The number of nitrogens with one attached hydrogen (secondary N) is 1. The van der Waals surface area contributed by atoms with Crippen LogP contribution in [0.25, 0.3) is 11.3 Å². The lowest BCUT2D eigenvalue weighted by molar-refractivity contribution is 0.0954. The number of carbonyl (C=O) groups excluding carboxylic acids is 1. The zero-order valence-electron chi connectivity index (χ0n) is 15.7. The van der Waals surface area contributed by atoms with Crippen LogP contribution in [-0.2, 0) is 0 Å². The number of amides is 1. The first-order valence-corrected chi connectivity index (χ1v) is 8.81. The fourth-order valence-electron chi connectivity index (χ4n) is 2.58. The molecular formula is C21H19ClN2O4. The Morgan fingerprint density at radius 1 is 1.07 bits per heavy atom. The van der Waals surface area contributed by atoms with E-state index >= 15 is 0 Å². The van der Waals surface area contributed by atoms with Crippen molar-refractivity contribution in [3.8, 4) is 22.8 Å². The van der Waals surface area contributed by atoms with Gasteiger partial charge in [0.15, 0.2) is 0 Å². The molecule has 144 valence electrons. The first kappa shape index (κ1) is 19.5. The second-order valence-electron chi connectivity index (χ2n) is 5.96. The normalized spacial score (nSPS) is 10.9. The standard InChI is InChI=1S/C21H19ClN2O4/c1-13-4-5-15(22)10-19(13)20-7-6-16(28-20)12-23-24-21(25)14-8-17(26-2)11-18(9-14)27-3/h4-12H,1-3H3,(H,24,25). The zero-order valence-corrected chi connectivity index (χ0v) is 16.4. The van der Waals surface area contributed by atoms with Gasteiger partial charge in [-0.15, -0.1) is 0 Å². The number of aryl methyl sites for hydroxylation is 1. The van der Waals surface area contributed by atoms with Crippen LogP contribution in [0.1, 0.15) is 21.7 Å². The summed E-state index contributed by atoms with van der Waals surface area (Å²) in [7, 11) is 3.04. The predicted octanol–water partition coefficient (Wildman–Crippen LogP) is 4.69. The van der Waals surface area contributed by atoms with Crippen LogP contribution < -0.4 is 14.9 Å². The highest BCUT2D eigenvalue weighted by Gasteiger charge is 2.10. The molecule has 0 saturated carbocycles. The average molecular weight is 399 g/mol. The van der Waals surface area contributed by atoms with Gasteiger partial charge in [0.25, 0.3) is 5.91 Å². The maximum absolute atomic E-state index is 12.3. The minimum Gasteiger partial charge on any atom is -0.497 e. The fourth-order valence-corrected chi connectivity index (χ4v) is 2.76. The van der Waals surface area contributed by atoms with E-state index in [1.807, 2.05) is 31.2 Å². The summed E-state index contributed by atoms with van der Waals surface area (Å²) in [6.45, 7) is 1.98. The predicted molar refractivity (Wildman–Crippen MR) is 108 cm³/mol. The molecule has 6 nitrogen and oxygen atoms in total. The van der Waals surface area contributed by atoms with Crippen LogP contribution in [-0.4, -0.2) is 26.3 Å². The number of carbonyl (C=O) groups is 1. The molecular weight excluding hydrogens is 380 g/mol. The van der Waals surface area contributed by atoms with Crippen molar-refractivity contribution in [2.75, 3.05) is 14.2 Å². The van der Waals surface area contributed by atoms with Crippen molar-refractivity contribution in [1.29, 1.82) is 0 Å². The molecule has 2 aromatic carbocycles. The molecule has 0 unspecified atom stereocenters. The molecule has 0 aliphatic rings. The van der Waals surface area contributed by atoms with Crippen LogP contribution in [0.5, 0.6) is 11.5 Å². The Morgan fingerprint density at radius 3 is 2.46 bits per heavy atom. The zero-order chi connectivity index (χ0) is 20.1. The lowest BCUT2D eigenvalue weighted by Gasteiger charge is -2.07. The summed E-state index contributed by atoms with van der Waals surface area (Å²) in [6.07, 6.45) is 1.43. The molecule has 0 radical (unpaired) electrons. The van der Waals surface area contributed by atoms with Crippen LogP contribution >= 0.6 is 11.6 Å². The number of hydrogen-bond donors (Lipinski definition) is 1. The van der Waals surface area contributed by atoms with Gasteiger partial charge in [0.1, 0.15) is 23.0 Å². The van der Waals surface area contributed by atoms with E-state index in [0.717, 1.165) is 11.1 Å². The molecule has 1 amide bonds. The van der Waals surface area contributed by atoms with E-state index < -0.39 is 5.91 Å². The maximum atomic E-state index is 12.3. The van der Waals surface area contributed by atoms with Gasteiger partial charge in [-0.3, -0.25) is 4.79 Å². The molecule has 0 atom stereocenters. The molecule has 0 saturated heterocycles. The van der Waals surface area contributed by atoms with Crippen molar-refractivity contribution >= 4 is 23.7 Å². The highest BCUT2D eigenvalue weighted by atomic mass is 35.5. The molecule has 0 aliphatic carbocycles. The van der Waals surface area contributed by atoms with Gasteiger partial charge in [-0.2, -0.15) is 5.10 Å². The maximum Gasteiger partial charge on any atom is 0.271 e. The van der Waals surface area contributed by atoms with E-state index in [0.29, 0.717) is 33.6 Å². The number of hydrogen-bond acceptors (Lipinski definition) is 5. The van der Waals surface area contributed by atoms with E-state index in [1.165, 1.54) is 20.4 Å². The molecule has 0 aliphatic heterocycles. The van der Waals surface area contributed by atoms with Crippen molar-refractivity contribution in [2.24, 2.45) is 5.10 Å². The smallest absolute Gasteiger partial charge is 0.271 e. The van der Waals surface area contributed by atoms with Gasteiger partial charge < -0.3 is 13.9 Å². The molecule has 3 rings (SSSR count). The van der Waals surface area contributed by atoms with Crippen LogP contribution in [0.3, 0.4) is 0 Å². The fraction of sp³-hybridized carbons (Fsp3) is 0.143. The number of furan rings is 1. The third-order valence-corrected chi connectivity index (χ3v) is 4.30. The summed E-state index contributed by atoms with van der Waals surface area (Å²) in [4.78, 5) is 12.3. The molecule has 1 aromatic heterocycles. The first-order chi connectivity index (χ1) is 13.5. The van der Waals surface area contributed by atoms with Crippen LogP contribution in [0.15, 0.2) is 58.0 Å². The van der Waals surface area contributed by atoms with E-state index in [4.69, 9.17) is 25.5 Å². The van der Waals surface area contributed by atoms with Gasteiger partial charge in [-0.1, -0.05) is 17.7 Å². The van der Waals surface area contributed by atoms with Crippen molar-refractivity contribution in [3.63, 3.8) is 0 Å². The van der Waals surface area contributed by atoms with E-state index in [-0.39, 0.29) is 0 Å². The number of nitrogens with zero attached hydrogens (tertiary/aromatic N) is 1. The Hall–Kier alpha value is -3.25.